The zero-order chi connectivity index (χ0) is 21.1. The number of carbonyl (C=O) groups is 1. The van der Waals surface area contributed by atoms with Gasteiger partial charge in [-0.05, 0) is 30.7 Å². The average molecular weight is 421 g/mol. The van der Waals surface area contributed by atoms with E-state index in [2.05, 4.69) is 11.2 Å². The Balaban J connectivity index is 1.76. The van der Waals surface area contributed by atoms with Gasteiger partial charge in [-0.2, -0.15) is 0 Å². The van der Waals surface area contributed by atoms with Crippen LogP contribution in [0.4, 0.5) is 10.1 Å². The molecule has 1 amide bonds. The molecule has 152 valence electrons. The van der Waals surface area contributed by atoms with Gasteiger partial charge in [0.15, 0.2) is 11.5 Å². The van der Waals surface area contributed by atoms with Gasteiger partial charge < -0.3 is 14.8 Å². The molecule has 1 atom stereocenters. The first-order chi connectivity index (χ1) is 14.6. The van der Waals surface area contributed by atoms with Gasteiger partial charge in [0.1, 0.15) is 12.4 Å². The van der Waals surface area contributed by atoms with Crippen LogP contribution in [-0.4, -0.2) is 19.1 Å². The number of anilines is 1. The van der Waals surface area contributed by atoms with Crippen molar-refractivity contribution >= 4 is 22.9 Å². The highest BCUT2D eigenvalue weighted by molar-refractivity contribution is 7.11. The molecule has 4 rings (SSSR count). The minimum absolute atomic E-state index is 0.103. The second-order valence-corrected chi connectivity index (χ2v) is 7.72. The molecule has 3 aromatic rings. The van der Waals surface area contributed by atoms with E-state index in [-0.39, 0.29) is 24.2 Å². The van der Waals surface area contributed by atoms with E-state index in [1.165, 1.54) is 17.4 Å². The maximum atomic E-state index is 14.4. The Kier molecular flexibility index (Phi) is 5.73. The van der Waals surface area contributed by atoms with E-state index in [9.17, 15) is 9.18 Å². The molecule has 0 fully saturated rings. The molecule has 6 heteroatoms. The van der Waals surface area contributed by atoms with Gasteiger partial charge in [0.25, 0.3) is 0 Å². The summed E-state index contributed by atoms with van der Waals surface area (Å²) in [4.78, 5) is 13.5. The lowest BCUT2D eigenvalue weighted by Gasteiger charge is -2.25. The number of nitrogens with one attached hydrogen (secondary N) is 1. The fourth-order valence-electron chi connectivity index (χ4n) is 3.62. The maximum Gasteiger partial charge on any atom is 0.225 e. The zero-order valence-electron chi connectivity index (χ0n) is 16.4. The molecule has 0 radical (unpaired) electrons. The summed E-state index contributed by atoms with van der Waals surface area (Å²) < 4.78 is 25.7. The summed E-state index contributed by atoms with van der Waals surface area (Å²) in [5.41, 5.74) is 2.79. The zero-order valence-corrected chi connectivity index (χ0v) is 17.2. The molecule has 1 aliphatic rings. The molecule has 1 N–H and O–H groups in total. The Morgan fingerprint density at radius 3 is 2.80 bits per heavy atom. The second-order valence-electron chi connectivity index (χ2n) is 6.81. The fourth-order valence-corrected chi connectivity index (χ4v) is 4.77. The van der Waals surface area contributed by atoms with Crippen molar-refractivity contribution in [1.29, 1.82) is 0 Å². The summed E-state index contributed by atoms with van der Waals surface area (Å²) in [6.07, 6.45) is 5.60. The van der Waals surface area contributed by atoms with Crippen molar-refractivity contribution in [2.45, 2.75) is 19.3 Å². The summed E-state index contributed by atoms with van der Waals surface area (Å²) >= 11 is 1.52. The molecule has 0 unspecified atom stereocenters. The third kappa shape index (κ3) is 3.77. The lowest BCUT2D eigenvalue weighted by Crippen LogP contribution is -2.22. The molecule has 2 heterocycles. The lowest BCUT2D eigenvalue weighted by atomic mass is 9.89. The Bertz CT molecular complexity index is 1130. The van der Waals surface area contributed by atoms with E-state index in [0.29, 0.717) is 41.3 Å². The van der Waals surface area contributed by atoms with E-state index < -0.39 is 0 Å². The van der Waals surface area contributed by atoms with Gasteiger partial charge >= 0.3 is 0 Å². The Hall–Kier alpha value is -3.30. The van der Waals surface area contributed by atoms with Gasteiger partial charge in [0, 0.05) is 33.7 Å². The van der Waals surface area contributed by atoms with E-state index in [1.54, 1.807) is 18.2 Å². The van der Waals surface area contributed by atoms with Crippen molar-refractivity contribution in [2.75, 3.05) is 18.5 Å². The molecule has 0 aliphatic carbocycles. The normalized spacial score (nSPS) is 15.1. The molecule has 1 aromatic heterocycles. The predicted molar refractivity (Wildman–Crippen MR) is 117 cm³/mol. The van der Waals surface area contributed by atoms with Gasteiger partial charge in [-0.1, -0.05) is 30.2 Å². The second kappa shape index (κ2) is 8.60. The van der Waals surface area contributed by atoms with Crippen molar-refractivity contribution in [3.05, 3.63) is 64.1 Å². The Morgan fingerprint density at radius 2 is 2.03 bits per heavy atom. The Morgan fingerprint density at radius 1 is 1.20 bits per heavy atom. The van der Waals surface area contributed by atoms with Crippen LogP contribution >= 0.6 is 11.3 Å². The number of terminal acetylenes is 1. The minimum Gasteiger partial charge on any atom is -0.490 e. The van der Waals surface area contributed by atoms with Crippen LogP contribution in [0, 0.1) is 18.2 Å². The van der Waals surface area contributed by atoms with E-state index in [0.717, 1.165) is 10.4 Å². The van der Waals surface area contributed by atoms with Gasteiger partial charge in [-0.15, -0.1) is 17.8 Å². The highest BCUT2D eigenvalue weighted by atomic mass is 32.1. The van der Waals surface area contributed by atoms with Gasteiger partial charge in [-0.25, -0.2) is 4.39 Å². The number of amides is 1. The molecule has 4 nitrogen and oxygen atoms in total. The Labute approximate surface area is 178 Å². The largest absolute Gasteiger partial charge is 0.490 e. The SMILES string of the molecule is C#CCOc1ccc([C@@H]2CC(=O)Nc3c(-c4ccccc4F)csc32)cc1OCC. The molecule has 0 bridgehead atoms. The van der Waals surface area contributed by atoms with Crippen molar-refractivity contribution in [3.63, 3.8) is 0 Å². The van der Waals surface area contributed by atoms with E-state index in [1.807, 2.05) is 30.5 Å². The summed E-state index contributed by atoms with van der Waals surface area (Å²) in [7, 11) is 0. The molecule has 0 spiro atoms. The number of hydrogen-bond acceptors (Lipinski definition) is 4. The summed E-state index contributed by atoms with van der Waals surface area (Å²) in [6, 6.07) is 12.2. The first-order valence-electron chi connectivity index (χ1n) is 9.61. The molecule has 0 saturated heterocycles. The van der Waals surface area contributed by atoms with E-state index in [4.69, 9.17) is 15.9 Å². The molecule has 1 aliphatic heterocycles. The van der Waals surface area contributed by atoms with Crippen molar-refractivity contribution in [3.8, 4) is 35.0 Å². The number of rotatable bonds is 6. The quantitative estimate of drug-likeness (QED) is 0.539. The maximum absolute atomic E-state index is 14.4. The number of benzene rings is 2. The first-order valence-corrected chi connectivity index (χ1v) is 10.5. The number of hydrogen-bond donors (Lipinski definition) is 1. The van der Waals surface area contributed by atoms with Crippen LogP contribution in [0.25, 0.3) is 11.1 Å². The first kappa shape index (κ1) is 20.0. The van der Waals surface area contributed by atoms with Crippen LogP contribution in [0.2, 0.25) is 0 Å². The highest BCUT2D eigenvalue weighted by Gasteiger charge is 2.31. The van der Waals surface area contributed by atoms with Crippen molar-refractivity contribution in [2.24, 2.45) is 0 Å². The summed E-state index contributed by atoms with van der Waals surface area (Å²) in [6.45, 7) is 2.51. The van der Waals surface area contributed by atoms with E-state index >= 15 is 0 Å². The number of fused-ring (bicyclic) bond motifs is 1. The lowest BCUT2D eigenvalue weighted by molar-refractivity contribution is -0.116. The number of carbonyl (C=O) groups excluding carboxylic acids is 1. The van der Waals surface area contributed by atoms with Crippen LogP contribution in [0.5, 0.6) is 11.5 Å². The molecular weight excluding hydrogens is 401 g/mol. The molecule has 0 saturated carbocycles. The molecule has 2 aromatic carbocycles. The predicted octanol–water partition coefficient (Wildman–Crippen LogP) is 5.44. The topological polar surface area (TPSA) is 47.6 Å². The number of thiophene rings is 1. The van der Waals surface area contributed by atoms with Crippen LogP contribution in [-0.2, 0) is 4.79 Å². The number of ether oxygens (including phenoxy) is 2. The monoisotopic (exact) mass is 421 g/mol. The smallest absolute Gasteiger partial charge is 0.225 e. The van der Waals surface area contributed by atoms with Crippen LogP contribution in [0.15, 0.2) is 47.8 Å². The molecular formula is C24H20FNO3S. The third-order valence-corrected chi connectivity index (χ3v) is 6.03. The number of halogens is 1. The minimum atomic E-state index is -0.317. The standard InChI is InChI=1S/C24H20FNO3S/c1-3-11-29-20-10-9-15(12-21(20)28-4-2)17-13-22(27)26-23-18(14-30-24(17)23)16-7-5-6-8-19(16)25/h1,5-10,12,14,17H,4,11,13H2,2H3,(H,26,27)/t17-/m0/s1. The van der Waals surface area contributed by atoms with Gasteiger partial charge in [0.2, 0.25) is 5.91 Å². The summed E-state index contributed by atoms with van der Waals surface area (Å²) in [5.74, 6) is 3.03. The average Bonchev–Trinajstić information content (AvgIpc) is 3.16. The fraction of sp³-hybridized carbons (Fsp3) is 0.208. The van der Waals surface area contributed by atoms with Crippen LogP contribution < -0.4 is 14.8 Å². The van der Waals surface area contributed by atoms with Crippen LogP contribution in [0.3, 0.4) is 0 Å². The third-order valence-electron chi connectivity index (χ3n) is 4.93. The van der Waals surface area contributed by atoms with Gasteiger partial charge in [0.05, 0.1) is 12.3 Å². The van der Waals surface area contributed by atoms with Crippen LogP contribution in [0.1, 0.15) is 29.7 Å². The highest BCUT2D eigenvalue weighted by Crippen LogP contribution is 2.48. The summed E-state index contributed by atoms with van der Waals surface area (Å²) in [5, 5.41) is 4.84. The van der Waals surface area contributed by atoms with Crippen molar-refractivity contribution in [1.82, 2.24) is 0 Å². The van der Waals surface area contributed by atoms with Crippen molar-refractivity contribution < 1.29 is 18.7 Å². The molecule has 30 heavy (non-hydrogen) atoms. The van der Waals surface area contributed by atoms with Gasteiger partial charge in [-0.3, -0.25) is 4.79 Å².